The molecule has 1 aliphatic rings. The number of aryl methyl sites for hydroxylation is 1. The fourth-order valence-electron chi connectivity index (χ4n) is 3.24. The number of para-hydroxylation sites is 1. The average Bonchev–Trinajstić information content (AvgIpc) is 2.61. The van der Waals surface area contributed by atoms with E-state index in [0.717, 1.165) is 24.5 Å². The van der Waals surface area contributed by atoms with Crippen LogP contribution in [0.15, 0.2) is 66.9 Å². The summed E-state index contributed by atoms with van der Waals surface area (Å²) in [5.41, 5.74) is 6.14. The third-order valence-corrected chi connectivity index (χ3v) is 4.47. The maximum atomic E-state index is 5.95. The van der Waals surface area contributed by atoms with Gasteiger partial charge in [-0.05, 0) is 53.8 Å². The molecule has 1 atom stereocenters. The van der Waals surface area contributed by atoms with Gasteiger partial charge in [0.15, 0.2) is 0 Å². The zero-order valence-corrected chi connectivity index (χ0v) is 13.2. The molecule has 1 aromatic heterocycles. The number of fused-ring (bicyclic) bond motifs is 1. The molecule has 1 unspecified atom stereocenters. The minimum Gasteiger partial charge on any atom is -0.493 e. The fourth-order valence-corrected chi connectivity index (χ4v) is 3.24. The van der Waals surface area contributed by atoms with Crippen LogP contribution in [0.25, 0.3) is 11.1 Å². The molecule has 0 radical (unpaired) electrons. The van der Waals surface area contributed by atoms with Crippen molar-refractivity contribution in [2.45, 2.75) is 19.3 Å². The lowest BCUT2D eigenvalue weighted by molar-refractivity contribution is 0.262. The van der Waals surface area contributed by atoms with Crippen molar-refractivity contribution in [3.63, 3.8) is 0 Å². The van der Waals surface area contributed by atoms with Crippen LogP contribution in [0.5, 0.6) is 5.75 Å². The number of ether oxygens (including phenoxy) is 1. The van der Waals surface area contributed by atoms with E-state index in [1.807, 2.05) is 19.2 Å². The van der Waals surface area contributed by atoms with E-state index in [-0.39, 0.29) is 0 Å². The Kier molecular flexibility index (Phi) is 3.58. The van der Waals surface area contributed by atoms with Crippen LogP contribution in [0.2, 0.25) is 0 Å². The fraction of sp³-hybridized carbons (Fsp3) is 0.190. The van der Waals surface area contributed by atoms with E-state index in [2.05, 4.69) is 59.6 Å². The van der Waals surface area contributed by atoms with Crippen molar-refractivity contribution in [3.05, 3.63) is 83.7 Å². The lowest BCUT2D eigenvalue weighted by atomic mass is 9.89. The Morgan fingerprint density at radius 3 is 2.74 bits per heavy atom. The molecule has 4 rings (SSSR count). The van der Waals surface area contributed by atoms with Gasteiger partial charge in [0.2, 0.25) is 0 Å². The monoisotopic (exact) mass is 301 g/mol. The Morgan fingerprint density at radius 1 is 0.957 bits per heavy atom. The van der Waals surface area contributed by atoms with Gasteiger partial charge in [-0.2, -0.15) is 0 Å². The summed E-state index contributed by atoms with van der Waals surface area (Å²) in [5, 5.41) is 0. The van der Waals surface area contributed by atoms with E-state index in [0.29, 0.717) is 5.92 Å². The van der Waals surface area contributed by atoms with Crippen molar-refractivity contribution in [2.24, 2.45) is 0 Å². The molecule has 0 saturated heterocycles. The predicted octanol–water partition coefficient (Wildman–Crippen LogP) is 4.78. The SMILES string of the molecule is Cc1cc(-c2cccc(C3COc4ccccc4C3)c2)ccn1. The van der Waals surface area contributed by atoms with Crippen molar-refractivity contribution in [2.75, 3.05) is 6.61 Å². The molecule has 1 aliphatic heterocycles. The zero-order chi connectivity index (χ0) is 15.6. The summed E-state index contributed by atoms with van der Waals surface area (Å²) in [6.07, 6.45) is 2.91. The second-order valence-corrected chi connectivity index (χ2v) is 6.13. The second-order valence-electron chi connectivity index (χ2n) is 6.13. The molecule has 2 heterocycles. The van der Waals surface area contributed by atoms with Crippen LogP contribution < -0.4 is 4.74 Å². The highest BCUT2D eigenvalue weighted by Gasteiger charge is 2.21. The Morgan fingerprint density at radius 2 is 1.83 bits per heavy atom. The third-order valence-electron chi connectivity index (χ3n) is 4.47. The van der Waals surface area contributed by atoms with Gasteiger partial charge in [-0.25, -0.2) is 0 Å². The van der Waals surface area contributed by atoms with Crippen LogP contribution in [0, 0.1) is 6.92 Å². The maximum Gasteiger partial charge on any atom is 0.122 e. The Labute approximate surface area is 136 Å². The lowest BCUT2D eigenvalue weighted by Gasteiger charge is -2.26. The van der Waals surface area contributed by atoms with Gasteiger partial charge >= 0.3 is 0 Å². The summed E-state index contributed by atoms with van der Waals surface area (Å²) in [7, 11) is 0. The molecule has 2 heteroatoms. The van der Waals surface area contributed by atoms with Crippen LogP contribution in [0.4, 0.5) is 0 Å². The molecular formula is C21H19NO. The summed E-state index contributed by atoms with van der Waals surface area (Å²) in [6, 6.07) is 21.3. The smallest absolute Gasteiger partial charge is 0.122 e. The lowest BCUT2D eigenvalue weighted by Crippen LogP contribution is -2.19. The van der Waals surface area contributed by atoms with Gasteiger partial charge in [0.1, 0.15) is 5.75 Å². The summed E-state index contributed by atoms with van der Waals surface area (Å²) in [5.74, 6) is 1.44. The van der Waals surface area contributed by atoms with Crippen molar-refractivity contribution < 1.29 is 4.74 Å². The van der Waals surface area contributed by atoms with E-state index in [1.165, 1.54) is 22.3 Å². The number of pyridine rings is 1. The van der Waals surface area contributed by atoms with Crippen LogP contribution >= 0.6 is 0 Å². The highest BCUT2D eigenvalue weighted by atomic mass is 16.5. The highest BCUT2D eigenvalue weighted by Crippen LogP contribution is 2.33. The number of hydrogen-bond donors (Lipinski definition) is 0. The molecule has 2 aromatic carbocycles. The molecule has 0 spiro atoms. The quantitative estimate of drug-likeness (QED) is 0.680. The highest BCUT2D eigenvalue weighted by molar-refractivity contribution is 5.64. The third kappa shape index (κ3) is 2.85. The summed E-state index contributed by atoms with van der Waals surface area (Å²) in [6.45, 7) is 2.77. The molecule has 0 amide bonds. The first kappa shape index (κ1) is 14.0. The van der Waals surface area contributed by atoms with E-state index in [4.69, 9.17) is 4.74 Å². The minimum absolute atomic E-state index is 0.410. The first-order valence-corrected chi connectivity index (χ1v) is 8.03. The number of nitrogens with zero attached hydrogens (tertiary/aromatic N) is 1. The van der Waals surface area contributed by atoms with Gasteiger partial charge in [-0.3, -0.25) is 4.98 Å². The molecule has 0 fully saturated rings. The first-order chi connectivity index (χ1) is 11.3. The van der Waals surface area contributed by atoms with Crippen LogP contribution in [-0.2, 0) is 6.42 Å². The molecule has 2 nitrogen and oxygen atoms in total. The Bertz CT molecular complexity index is 841. The van der Waals surface area contributed by atoms with Crippen LogP contribution in [-0.4, -0.2) is 11.6 Å². The number of hydrogen-bond acceptors (Lipinski definition) is 2. The Balaban J connectivity index is 1.65. The number of benzene rings is 2. The second kappa shape index (κ2) is 5.88. The van der Waals surface area contributed by atoms with E-state index in [9.17, 15) is 0 Å². The molecule has 0 N–H and O–H groups in total. The normalized spacial score (nSPS) is 16.5. The minimum atomic E-state index is 0.410. The van der Waals surface area contributed by atoms with Gasteiger partial charge in [0.05, 0.1) is 6.61 Å². The number of rotatable bonds is 2. The summed E-state index contributed by atoms with van der Waals surface area (Å²) < 4.78 is 5.95. The Hall–Kier alpha value is -2.61. The predicted molar refractivity (Wildman–Crippen MR) is 92.8 cm³/mol. The maximum absolute atomic E-state index is 5.95. The van der Waals surface area contributed by atoms with Crippen LogP contribution in [0.3, 0.4) is 0 Å². The average molecular weight is 301 g/mol. The van der Waals surface area contributed by atoms with Gasteiger partial charge in [0, 0.05) is 17.8 Å². The summed E-state index contributed by atoms with van der Waals surface area (Å²) >= 11 is 0. The van der Waals surface area contributed by atoms with E-state index < -0.39 is 0 Å². The van der Waals surface area contributed by atoms with Crippen molar-refractivity contribution >= 4 is 0 Å². The van der Waals surface area contributed by atoms with Crippen LogP contribution in [0.1, 0.15) is 22.7 Å². The standard InChI is InChI=1S/C21H19NO/c1-15-11-18(9-10-22-15)16-6-4-7-17(12-16)20-13-19-5-2-3-8-21(19)23-14-20/h2-12,20H,13-14H2,1H3. The molecule has 114 valence electrons. The van der Waals surface area contributed by atoms with Crippen molar-refractivity contribution in [3.8, 4) is 16.9 Å². The topological polar surface area (TPSA) is 22.1 Å². The van der Waals surface area contributed by atoms with Gasteiger partial charge < -0.3 is 4.74 Å². The number of aromatic nitrogens is 1. The molecule has 0 bridgehead atoms. The molecule has 0 aliphatic carbocycles. The summed E-state index contributed by atoms with van der Waals surface area (Å²) in [4.78, 5) is 4.28. The van der Waals surface area contributed by atoms with E-state index in [1.54, 1.807) is 0 Å². The largest absolute Gasteiger partial charge is 0.493 e. The molecular weight excluding hydrogens is 282 g/mol. The zero-order valence-electron chi connectivity index (χ0n) is 13.2. The van der Waals surface area contributed by atoms with Gasteiger partial charge in [0.25, 0.3) is 0 Å². The van der Waals surface area contributed by atoms with Crippen molar-refractivity contribution in [1.82, 2.24) is 4.98 Å². The molecule has 23 heavy (non-hydrogen) atoms. The van der Waals surface area contributed by atoms with Gasteiger partial charge in [-0.15, -0.1) is 0 Å². The molecule has 3 aromatic rings. The molecule has 0 saturated carbocycles. The van der Waals surface area contributed by atoms with E-state index >= 15 is 0 Å². The first-order valence-electron chi connectivity index (χ1n) is 8.03. The van der Waals surface area contributed by atoms with Gasteiger partial charge in [-0.1, -0.05) is 42.5 Å². The van der Waals surface area contributed by atoms with Crippen molar-refractivity contribution in [1.29, 1.82) is 0 Å².